The number of rotatable bonds is 9. The number of nitrogens with one attached hydrogen (secondary N) is 2. The van der Waals surface area contributed by atoms with E-state index in [4.69, 9.17) is 4.74 Å². The molecule has 0 saturated carbocycles. The summed E-state index contributed by atoms with van der Waals surface area (Å²) in [6.45, 7) is 9.08. The van der Waals surface area contributed by atoms with Crippen LogP contribution in [-0.4, -0.2) is 60.0 Å². The van der Waals surface area contributed by atoms with Crippen molar-refractivity contribution in [3.8, 4) is 0 Å². The highest BCUT2D eigenvalue weighted by molar-refractivity contribution is 7.99. The Kier molecular flexibility index (Phi) is 6.96. The minimum Gasteiger partial charge on any atom is -0.379 e. The van der Waals surface area contributed by atoms with Gasteiger partial charge in [0.2, 0.25) is 0 Å². The van der Waals surface area contributed by atoms with Crippen LogP contribution in [0.25, 0.3) is 11.0 Å². The number of imidazole rings is 1. The highest BCUT2D eigenvalue weighted by Gasteiger charge is 2.09. The van der Waals surface area contributed by atoms with Crippen LogP contribution in [0.2, 0.25) is 0 Å². The second-order valence-corrected chi connectivity index (χ2v) is 7.36. The van der Waals surface area contributed by atoms with E-state index in [0.717, 1.165) is 75.0 Å². The van der Waals surface area contributed by atoms with Crippen molar-refractivity contribution in [3.63, 3.8) is 0 Å². The first-order chi connectivity index (χ1) is 11.8. The van der Waals surface area contributed by atoms with Crippen molar-refractivity contribution in [2.24, 2.45) is 0 Å². The van der Waals surface area contributed by atoms with E-state index in [1.54, 1.807) is 0 Å². The van der Waals surface area contributed by atoms with Crippen LogP contribution < -0.4 is 5.32 Å². The highest BCUT2D eigenvalue weighted by Crippen LogP contribution is 2.23. The molecule has 0 radical (unpaired) electrons. The first-order valence-electron chi connectivity index (χ1n) is 8.97. The van der Waals surface area contributed by atoms with Crippen LogP contribution in [0.15, 0.2) is 23.1 Å². The Hall–Kier alpha value is -1.08. The zero-order valence-electron chi connectivity index (χ0n) is 14.5. The van der Waals surface area contributed by atoms with Crippen LogP contribution in [0, 0.1) is 0 Å². The first kappa shape index (κ1) is 17.7. The van der Waals surface area contributed by atoms with Crippen molar-refractivity contribution in [3.05, 3.63) is 24.0 Å². The van der Waals surface area contributed by atoms with Crippen LogP contribution in [0.4, 0.5) is 0 Å². The smallest absolute Gasteiger partial charge is 0.121 e. The number of benzene rings is 1. The van der Waals surface area contributed by atoms with E-state index in [9.17, 15) is 0 Å². The van der Waals surface area contributed by atoms with E-state index in [-0.39, 0.29) is 0 Å². The molecule has 2 heterocycles. The molecule has 5 nitrogen and oxygen atoms in total. The number of thioether (sulfide) groups is 1. The minimum atomic E-state index is 0.801. The molecular weight excluding hydrogens is 320 g/mol. The summed E-state index contributed by atoms with van der Waals surface area (Å²) in [7, 11) is 0. The average molecular weight is 349 g/mol. The first-order valence-corrected chi connectivity index (χ1v) is 9.96. The van der Waals surface area contributed by atoms with E-state index in [1.807, 2.05) is 11.8 Å². The fourth-order valence-electron chi connectivity index (χ4n) is 2.89. The number of morpholine rings is 1. The molecule has 1 aliphatic heterocycles. The van der Waals surface area contributed by atoms with Gasteiger partial charge in [-0.2, -0.15) is 0 Å². The number of ether oxygens (including phenoxy) is 1. The molecule has 0 aliphatic carbocycles. The number of hydrogen-bond donors (Lipinski definition) is 2. The highest BCUT2D eigenvalue weighted by atomic mass is 32.2. The summed E-state index contributed by atoms with van der Waals surface area (Å²) in [5.74, 6) is 2.19. The van der Waals surface area contributed by atoms with Crippen LogP contribution in [0.1, 0.15) is 25.6 Å². The molecule has 24 heavy (non-hydrogen) atoms. The van der Waals surface area contributed by atoms with E-state index < -0.39 is 0 Å². The summed E-state index contributed by atoms with van der Waals surface area (Å²) in [5.41, 5.74) is 2.20. The Balaban J connectivity index is 1.41. The number of hydrogen-bond acceptors (Lipinski definition) is 5. The van der Waals surface area contributed by atoms with E-state index in [2.05, 4.69) is 45.3 Å². The van der Waals surface area contributed by atoms with E-state index in [1.165, 1.54) is 11.3 Å². The third-order valence-corrected chi connectivity index (χ3v) is 5.40. The standard InChI is InChI=1S/C18H28N4OS/c1-2-12-24-15-4-5-16-17(13-15)21-18(20-16)14-19-6-3-7-22-8-10-23-11-9-22/h4-5,13,19H,2-3,6-12,14H2,1H3,(H,20,21). The molecule has 0 bridgehead atoms. The van der Waals surface area contributed by atoms with Gasteiger partial charge in [-0.25, -0.2) is 4.98 Å². The van der Waals surface area contributed by atoms with Crippen molar-refractivity contribution in [2.45, 2.75) is 31.2 Å². The van der Waals surface area contributed by atoms with Crippen molar-refractivity contribution in [1.29, 1.82) is 0 Å². The second kappa shape index (κ2) is 9.42. The molecule has 2 N–H and O–H groups in total. The summed E-state index contributed by atoms with van der Waals surface area (Å²) < 4.78 is 5.37. The van der Waals surface area contributed by atoms with Crippen molar-refractivity contribution in [1.82, 2.24) is 20.2 Å². The summed E-state index contributed by atoms with van der Waals surface area (Å²) in [4.78, 5) is 11.9. The Bertz CT molecular complexity index is 625. The van der Waals surface area contributed by atoms with Gasteiger partial charge < -0.3 is 15.0 Å². The number of aromatic amines is 1. The second-order valence-electron chi connectivity index (χ2n) is 6.20. The lowest BCUT2D eigenvalue weighted by Crippen LogP contribution is -2.37. The van der Waals surface area contributed by atoms with Gasteiger partial charge >= 0.3 is 0 Å². The fourth-order valence-corrected chi connectivity index (χ4v) is 3.70. The SMILES string of the molecule is CCCSc1ccc2nc(CNCCCN3CCOCC3)[nH]c2c1. The zero-order chi connectivity index (χ0) is 16.6. The molecule has 0 amide bonds. The summed E-state index contributed by atoms with van der Waals surface area (Å²) in [6.07, 6.45) is 2.36. The molecule has 6 heteroatoms. The molecular formula is C18H28N4OS. The molecule has 2 aromatic rings. The lowest BCUT2D eigenvalue weighted by Gasteiger charge is -2.26. The maximum atomic E-state index is 5.37. The Labute approximate surface area is 148 Å². The van der Waals surface area contributed by atoms with Crippen molar-refractivity contribution >= 4 is 22.8 Å². The monoisotopic (exact) mass is 348 g/mol. The van der Waals surface area contributed by atoms with Crippen LogP contribution in [0.3, 0.4) is 0 Å². The maximum absolute atomic E-state index is 5.37. The van der Waals surface area contributed by atoms with Gasteiger partial charge in [-0.3, -0.25) is 4.90 Å². The summed E-state index contributed by atoms with van der Waals surface area (Å²) in [6, 6.07) is 6.50. The predicted octanol–water partition coefficient (Wildman–Crippen LogP) is 2.88. The van der Waals surface area contributed by atoms with Gasteiger partial charge in [0.25, 0.3) is 0 Å². The molecule has 1 saturated heterocycles. The maximum Gasteiger partial charge on any atom is 0.121 e. The van der Waals surface area contributed by atoms with Gasteiger partial charge in [-0.1, -0.05) is 6.92 Å². The Morgan fingerprint density at radius 2 is 2.21 bits per heavy atom. The third kappa shape index (κ3) is 5.21. The molecule has 0 spiro atoms. The Morgan fingerprint density at radius 1 is 1.33 bits per heavy atom. The van der Waals surface area contributed by atoms with Gasteiger partial charge in [0.05, 0.1) is 30.8 Å². The third-order valence-electron chi connectivity index (χ3n) is 4.20. The van der Waals surface area contributed by atoms with Gasteiger partial charge in [0.15, 0.2) is 0 Å². The number of fused-ring (bicyclic) bond motifs is 1. The van der Waals surface area contributed by atoms with E-state index in [0.29, 0.717) is 0 Å². The molecule has 1 aromatic heterocycles. The van der Waals surface area contributed by atoms with Gasteiger partial charge in [0.1, 0.15) is 5.82 Å². The predicted molar refractivity (Wildman–Crippen MR) is 101 cm³/mol. The van der Waals surface area contributed by atoms with Crippen LogP contribution in [0.5, 0.6) is 0 Å². The number of H-pyrrole nitrogens is 1. The molecule has 0 atom stereocenters. The average Bonchev–Trinajstić information content (AvgIpc) is 3.02. The normalized spacial score (nSPS) is 16.0. The van der Waals surface area contributed by atoms with Crippen LogP contribution >= 0.6 is 11.8 Å². The molecule has 3 rings (SSSR count). The fraction of sp³-hybridized carbons (Fsp3) is 0.611. The van der Waals surface area contributed by atoms with Crippen LogP contribution in [-0.2, 0) is 11.3 Å². The number of aromatic nitrogens is 2. The number of nitrogens with zero attached hydrogens (tertiary/aromatic N) is 2. The molecule has 0 unspecified atom stereocenters. The quantitative estimate of drug-likeness (QED) is 0.539. The zero-order valence-corrected chi connectivity index (χ0v) is 15.3. The Morgan fingerprint density at radius 3 is 3.04 bits per heavy atom. The summed E-state index contributed by atoms with van der Waals surface area (Å²) in [5, 5.41) is 3.49. The lowest BCUT2D eigenvalue weighted by atomic mass is 10.3. The van der Waals surface area contributed by atoms with Crippen molar-refractivity contribution in [2.75, 3.05) is 45.1 Å². The molecule has 1 fully saturated rings. The van der Waals surface area contributed by atoms with E-state index >= 15 is 0 Å². The largest absolute Gasteiger partial charge is 0.379 e. The van der Waals surface area contributed by atoms with Crippen molar-refractivity contribution < 1.29 is 4.74 Å². The lowest BCUT2D eigenvalue weighted by molar-refractivity contribution is 0.0374. The van der Waals surface area contributed by atoms with Gasteiger partial charge in [-0.05, 0) is 49.9 Å². The van der Waals surface area contributed by atoms with Gasteiger partial charge in [-0.15, -0.1) is 11.8 Å². The molecule has 132 valence electrons. The molecule has 1 aliphatic rings. The summed E-state index contributed by atoms with van der Waals surface area (Å²) >= 11 is 1.91. The molecule has 1 aromatic carbocycles. The van der Waals surface area contributed by atoms with Gasteiger partial charge in [0, 0.05) is 18.0 Å². The minimum absolute atomic E-state index is 0.801. The topological polar surface area (TPSA) is 53.2 Å².